The minimum Gasteiger partial charge on any atom is -0.500 e. The first-order valence-electron chi connectivity index (χ1n) is 16.9. The summed E-state index contributed by atoms with van der Waals surface area (Å²) < 4.78 is 24.7. The monoisotopic (exact) mass is 700 g/mol. The van der Waals surface area contributed by atoms with Crippen LogP contribution in [0, 0.1) is 27.7 Å². The van der Waals surface area contributed by atoms with Crippen molar-refractivity contribution in [3.05, 3.63) is 161 Å². The molecule has 4 nitrogen and oxygen atoms in total. The third-order valence-corrected chi connectivity index (χ3v) is 14.6. The second kappa shape index (κ2) is 15.7. The van der Waals surface area contributed by atoms with Gasteiger partial charge < -0.3 is 18.9 Å². The number of aryl methyl sites for hydroxylation is 4. The standard InChI is InChI=1S/C44H46O4P2/c1-29-9-17-35(18-10-29)49(36-19-11-30(2)12-20-36)41-27-33(45-5)25-39(47-7)43(41)44-40(48-8)26-34(46-6)28-42(44)50(37-21-13-31(3)14-22-37)38-23-15-32(4)16-24-38/h9-28,41,43H,1-8H3. The van der Waals surface area contributed by atoms with Gasteiger partial charge in [0.15, 0.2) is 0 Å². The fraction of sp³-hybridized carbons (Fsp3) is 0.227. The van der Waals surface area contributed by atoms with Gasteiger partial charge in [0.1, 0.15) is 23.0 Å². The molecule has 0 bridgehead atoms. The second-order valence-corrected chi connectivity index (χ2v) is 17.4. The molecule has 2 atom stereocenters. The van der Waals surface area contributed by atoms with Crippen LogP contribution in [0.2, 0.25) is 0 Å². The van der Waals surface area contributed by atoms with E-state index in [1.807, 2.05) is 12.1 Å². The molecule has 6 rings (SSSR count). The fourth-order valence-corrected chi connectivity index (χ4v) is 12.0. The molecule has 0 saturated carbocycles. The van der Waals surface area contributed by atoms with Crippen LogP contribution in [0.4, 0.5) is 0 Å². The Hall–Kier alpha value is -4.36. The fourth-order valence-electron chi connectivity index (χ4n) is 6.65. The van der Waals surface area contributed by atoms with Crippen molar-refractivity contribution in [1.82, 2.24) is 0 Å². The maximum absolute atomic E-state index is 6.39. The topological polar surface area (TPSA) is 36.9 Å². The van der Waals surface area contributed by atoms with E-state index in [-0.39, 0.29) is 11.6 Å². The summed E-state index contributed by atoms with van der Waals surface area (Å²) in [5, 5.41) is 6.28. The van der Waals surface area contributed by atoms with Crippen LogP contribution in [0.25, 0.3) is 0 Å². The van der Waals surface area contributed by atoms with Gasteiger partial charge in [-0.2, -0.15) is 0 Å². The van der Waals surface area contributed by atoms with E-state index in [0.29, 0.717) is 0 Å². The molecule has 0 heterocycles. The SMILES string of the molecule is COC1=CC(P(c2ccc(C)cc2)c2ccc(C)cc2)C(c2c(OC)cc(OC)cc2P(c2ccc(C)cc2)c2ccc(C)cc2)C(OC)=C1. The highest BCUT2D eigenvalue weighted by Crippen LogP contribution is 2.55. The van der Waals surface area contributed by atoms with Crippen molar-refractivity contribution in [3.63, 3.8) is 0 Å². The molecule has 5 aromatic rings. The molecule has 5 aromatic carbocycles. The Balaban J connectivity index is 1.68. The molecular weight excluding hydrogens is 654 g/mol. The number of hydrogen-bond acceptors (Lipinski definition) is 4. The van der Waals surface area contributed by atoms with E-state index in [9.17, 15) is 0 Å². The minimum atomic E-state index is -1.04. The lowest BCUT2D eigenvalue weighted by atomic mass is 9.88. The van der Waals surface area contributed by atoms with E-state index in [1.54, 1.807) is 28.4 Å². The number of rotatable bonds is 11. The highest BCUT2D eigenvalue weighted by atomic mass is 31.1. The molecule has 0 fully saturated rings. The van der Waals surface area contributed by atoms with Crippen molar-refractivity contribution in [2.24, 2.45) is 0 Å². The highest BCUT2D eigenvalue weighted by molar-refractivity contribution is 7.80. The minimum absolute atomic E-state index is 0.0285. The van der Waals surface area contributed by atoms with Crippen LogP contribution < -0.4 is 36.0 Å². The van der Waals surface area contributed by atoms with Crippen LogP contribution in [-0.4, -0.2) is 34.1 Å². The van der Waals surface area contributed by atoms with Gasteiger partial charge in [-0.1, -0.05) is 119 Å². The lowest BCUT2D eigenvalue weighted by Gasteiger charge is -2.39. The molecule has 0 radical (unpaired) electrons. The van der Waals surface area contributed by atoms with E-state index >= 15 is 0 Å². The summed E-state index contributed by atoms with van der Waals surface area (Å²) in [7, 11) is 4.99. The smallest absolute Gasteiger partial charge is 0.127 e. The molecule has 0 spiro atoms. The first-order valence-corrected chi connectivity index (χ1v) is 19.6. The maximum atomic E-state index is 6.39. The van der Waals surface area contributed by atoms with Gasteiger partial charge in [0, 0.05) is 23.4 Å². The summed E-state index contributed by atoms with van der Waals surface area (Å²) in [6.45, 7) is 8.56. The number of methoxy groups -OCH3 is 4. The van der Waals surface area contributed by atoms with Crippen molar-refractivity contribution in [2.75, 3.05) is 28.4 Å². The van der Waals surface area contributed by atoms with Crippen LogP contribution >= 0.6 is 15.8 Å². The van der Waals surface area contributed by atoms with Gasteiger partial charge in [0.05, 0.1) is 34.4 Å². The maximum Gasteiger partial charge on any atom is 0.127 e. The molecule has 0 amide bonds. The van der Waals surface area contributed by atoms with E-state index in [1.165, 1.54) is 48.8 Å². The lowest BCUT2D eigenvalue weighted by Crippen LogP contribution is -2.34. The van der Waals surface area contributed by atoms with Crippen molar-refractivity contribution >= 4 is 42.4 Å². The highest BCUT2D eigenvalue weighted by Gasteiger charge is 2.41. The van der Waals surface area contributed by atoms with E-state index in [4.69, 9.17) is 18.9 Å². The molecule has 2 unspecified atom stereocenters. The number of benzene rings is 5. The Morgan fingerprint density at radius 2 is 0.960 bits per heavy atom. The van der Waals surface area contributed by atoms with Crippen molar-refractivity contribution in [1.29, 1.82) is 0 Å². The Labute approximate surface area is 300 Å². The predicted molar refractivity (Wildman–Crippen MR) is 213 cm³/mol. The van der Waals surface area contributed by atoms with Gasteiger partial charge in [0.25, 0.3) is 0 Å². The molecule has 0 saturated heterocycles. The summed E-state index contributed by atoms with van der Waals surface area (Å²) >= 11 is 0. The zero-order valence-electron chi connectivity index (χ0n) is 30.2. The Kier molecular flexibility index (Phi) is 11.1. The number of hydrogen-bond donors (Lipinski definition) is 0. The van der Waals surface area contributed by atoms with E-state index in [0.717, 1.165) is 28.6 Å². The van der Waals surface area contributed by atoms with Crippen molar-refractivity contribution in [2.45, 2.75) is 39.3 Å². The Bertz CT molecular complexity index is 1890. The van der Waals surface area contributed by atoms with Crippen LogP contribution in [0.1, 0.15) is 33.7 Å². The number of ether oxygens (including phenoxy) is 4. The largest absolute Gasteiger partial charge is 0.500 e. The molecule has 1 aliphatic rings. The van der Waals surface area contributed by atoms with Crippen molar-refractivity contribution < 1.29 is 18.9 Å². The molecule has 0 aromatic heterocycles. The third-order valence-electron chi connectivity index (χ3n) is 9.35. The van der Waals surface area contributed by atoms with Gasteiger partial charge in [-0.15, -0.1) is 0 Å². The zero-order valence-corrected chi connectivity index (χ0v) is 32.0. The van der Waals surface area contributed by atoms with Gasteiger partial charge in [-0.3, -0.25) is 0 Å². The van der Waals surface area contributed by atoms with E-state index < -0.39 is 15.8 Å². The molecule has 0 aliphatic heterocycles. The summed E-state index contributed by atoms with van der Waals surface area (Å²) in [6.07, 6.45) is 4.36. The zero-order chi connectivity index (χ0) is 35.4. The molecule has 0 N–H and O–H groups in total. The molecule has 50 heavy (non-hydrogen) atoms. The summed E-state index contributed by atoms with van der Waals surface area (Å²) in [5.41, 5.74) is 6.01. The molecule has 1 aliphatic carbocycles. The third kappa shape index (κ3) is 7.39. The van der Waals surface area contributed by atoms with Gasteiger partial charge in [0.2, 0.25) is 0 Å². The number of allylic oxidation sites excluding steroid dienone is 3. The Morgan fingerprint density at radius 1 is 0.500 bits per heavy atom. The molecular formula is C44H46O4P2. The quantitative estimate of drug-likeness (QED) is 0.130. The molecule has 6 heteroatoms. The second-order valence-electron chi connectivity index (χ2n) is 12.8. The van der Waals surface area contributed by atoms with Crippen molar-refractivity contribution in [3.8, 4) is 11.5 Å². The van der Waals surface area contributed by atoms with Crippen LogP contribution in [0.5, 0.6) is 11.5 Å². The predicted octanol–water partition coefficient (Wildman–Crippen LogP) is 8.35. The van der Waals surface area contributed by atoms with Gasteiger partial charge in [-0.25, -0.2) is 0 Å². The summed E-state index contributed by atoms with van der Waals surface area (Å²) in [6, 6.07) is 40.2. The van der Waals surface area contributed by atoms with E-state index in [2.05, 4.69) is 137 Å². The first-order chi connectivity index (χ1) is 24.2. The normalized spacial score (nSPS) is 15.8. The van der Waals surface area contributed by atoms with Crippen LogP contribution in [0.15, 0.2) is 133 Å². The van der Waals surface area contributed by atoms with Crippen LogP contribution in [0.3, 0.4) is 0 Å². The summed E-state index contributed by atoms with van der Waals surface area (Å²) in [4.78, 5) is 0. The van der Waals surface area contributed by atoms with Gasteiger partial charge >= 0.3 is 0 Å². The molecule has 256 valence electrons. The lowest BCUT2D eigenvalue weighted by molar-refractivity contribution is 0.246. The average molecular weight is 701 g/mol. The van der Waals surface area contributed by atoms with Gasteiger partial charge in [-0.05, 0) is 82.2 Å². The average Bonchev–Trinajstić information content (AvgIpc) is 3.14. The van der Waals surface area contributed by atoms with Crippen LogP contribution in [-0.2, 0) is 9.47 Å². The Morgan fingerprint density at radius 3 is 1.36 bits per heavy atom. The first kappa shape index (κ1) is 35.5. The summed E-state index contributed by atoms with van der Waals surface area (Å²) in [5.74, 6) is 2.98.